The molecule has 28 heavy (non-hydrogen) atoms. The Kier molecular flexibility index (Phi) is 6.26. The molecule has 2 aromatic carbocycles. The van der Waals surface area contributed by atoms with Gasteiger partial charge in [-0.25, -0.2) is 18.7 Å². The first-order valence-electron chi connectivity index (χ1n) is 8.92. The Morgan fingerprint density at radius 2 is 1.71 bits per heavy atom. The van der Waals surface area contributed by atoms with Gasteiger partial charge < -0.3 is 10.6 Å². The highest BCUT2D eigenvalue weighted by molar-refractivity contribution is 6.03. The minimum Gasteiger partial charge on any atom is -0.370 e. The summed E-state index contributed by atoms with van der Waals surface area (Å²) in [5.41, 5.74) is 0.775. The topological polar surface area (TPSA) is 66.9 Å². The van der Waals surface area contributed by atoms with E-state index >= 15 is 0 Å². The van der Waals surface area contributed by atoms with E-state index in [1.165, 1.54) is 17.7 Å². The monoisotopic (exact) mass is 382 g/mol. The van der Waals surface area contributed by atoms with E-state index in [-0.39, 0.29) is 5.69 Å². The summed E-state index contributed by atoms with van der Waals surface area (Å²) in [5.74, 6) is -1.54. The molecule has 0 saturated heterocycles. The number of rotatable bonds is 7. The van der Waals surface area contributed by atoms with Crippen molar-refractivity contribution in [2.24, 2.45) is 0 Å². The lowest BCUT2D eigenvalue weighted by Gasteiger charge is -2.10. The summed E-state index contributed by atoms with van der Waals surface area (Å²) in [5, 5.41) is 5.39. The molecule has 3 aromatic rings. The highest BCUT2D eigenvalue weighted by Crippen LogP contribution is 2.19. The number of aromatic nitrogens is 2. The quantitative estimate of drug-likeness (QED) is 0.596. The third-order valence-electron chi connectivity index (χ3n) is 4.06. The Balaban J connectivity index is 1.63. The molecule has 2 N–H and O–H groups in total. The predicted octanol–water partition coefficient (Wildman–Crippen LogP) is 4.36. The molecule has 144 valence electrons. The van der Waals surface area contributed by atoms with Crippen LogP contribution < -0.4 is 10.6 Å². The summed E-state index contributed by atoms with van der Waals surface area (Å²) in [4.78, 5) is 20.7. The van der Waals surface area contributed by atoms with E-state index < -0.39 is 23.2 Å². The van der Waals surface area contributed by atoms with E-state index in [0.29, 0.717) is 18.2 Å². The fraction of sp³-hybridized carbons (Fsp3) is 0.190. The van der Waals surface area contributed by atoms with Crippen molar-refractivity contribution in [2.45, 2.75) is 19.8 Å². The molecule has 0 unspecified atom stereocenters. The van der Waals surface area contributed by atoms with E-state index in [9.17, 15) is 13.6 Å². The zero-order valence-electron chi connectivity index (χ0n) is 15.4. The molecule has 1 amide bonds. The molecule has 0 bridgehead atoms. The van der Waals surface area contributed by atoms with Crippen LogP contribution in [0, 0.1) is 18.6 Å². The van der Waals surface area contributed by atoms with Gasteiger partial charge in [0, 0.05) is 12.6 Å². The summed E-state index contributed by atoms with van der Waals surface area (Å²) >= 11 is 0. The maximum atomic E-state index is 13.7. The average molecular weight is 382 g/mol. The van der Waals surface area contributed by atoms with E-state index in [1.54, 1.807) is 6.92 Å². The molecular formula is C21H20F2N4O. The second-order valence-electron chi connectivity index (χ2n) is 6.25. The number of aryl methyl sites for hydroxylation is 2. The molecular weight excluding hydrogens is 362 g/mol. The molecule has 0 fully saturated rings. The number of hydrogen-bond acceptors (Lipinski definition) is 4. The molecule has 1 heterocycles. The second-order valence-corrected chi connectivity index (χ2v) is 6.25. The van der Waals surface area contributed by atoms with Crippen LogP contribution in [-0.2, 0) is 6.42 Å². The second kappa shape index (κ2) is 9.03. The maximum Gasteiger partial charge on any atom is 0.274 e. The van der Waals surface area contributed by atoms with Gasteiger partial charge in [0.05, 0.1) is 0 Å². The van der Waals surface area contributed by atoms with Crippen molar-refractivity contribution in [1.82, 2.24) is 9.97 Å². The number of hydrogen-bond donors (Lipinski definition) is 2. The van der Waals surface area contributed by atoms with Gasteiger partial charge in [-0.05, 0) is 37.5 Å². The normalized spacial score (nSPS) is 10.5. The van der Waals surface area contributed by atoms with Gasteiger partial charge in [0.1, 0.15) is 34.7 Å². The fourth-order valence-corrected chi connectivity index (χ4v) is 2.72. The molecule has 0 radical (unpaired) electrons. The molecule has 5 nitrogen and oxygen atoms in total. The van der Waals surface area contributed by atoms with Crippen molar-refractivity contribution >= 4 is 17.4 Å². The molecule has 0 saturated carbocycles. The SMILES string of the molecule is Cc1nc(NCCCc2ccccc2)cc(C(=O)Nc2c(F)cccc2F)n1. The van der Waals surface area contributed by atoms with Gasteiger partial charge in [0.25, 0.3) is 5.91 Å². The number of benzene rings is 2. The first-order valence-corrected chi connectivity index (χ1v) is 8.92. The van der Waals surface area contributed by atoms with Gasteiger partial charge in [0.15, 0.2) is 0 Å². The summed E-state index contributed by atoms with van der Waals surface area (Å²) in [6.45, 7) is 2.31. The average Bonchev–Trinajstić information content (AvgIpc) is 2.68. The lowest BCUT2D eigenvalue weighted by Crippen LogP contribution is -2.17. The van der Waals surface area contributed by atoms with Crippen molar-refractivity contribution in [2.75, 3.05) is 17.2 Å². The standard InChI is InChI=1S/C21H20F2N4O/c1-14-25-18(21(28)27-20-16(22)10-5-11-17(20)23)13-19(26-14)24-12-6-9-15-7-3-2-4-8-15/h2-5,7-8,10-11,13H,6,9,12H2,1H3,(H,27,28)(H,24,25,26). The van der Waals surface area contributed by atoms with Crippen molar-refractivity contribution < 1.29 is 13.6 Å². The van der Waals surface area contributed by atoms with Crippen LogP contribution in [0.2, 0.25) is 0 Å². The van der Waals surface area contributed by atoms with Gasteiger partial charge in [0.2, 0.25) is 0 Å². The third-order valence-corrected chi connectivity index (χ3v) is 4.06. The van der Waals surface area contributed by atoms with Gasteiger partial charge in [-0.1, -0.05) is 36.4 Å². The Hall–Kier alpha value is -3.35. The summed E-state index contributed by atoms with van der Waals surface area (Å²) < 4.78 is 27.5. The van der Waals surface area contributed by atoms with Gasteiger partial charge in [-0.2, -0.15) is 0 Å². The number of anilines is 2. The van der Waals surface area contributed by atoms with Crippen LogP contribution in [0.1, 0.15) is 28.3 Å². The Morgan fingerprint density at radius 1 is 1.00 bits per heavy atom. The molecule has 0 aliphatic rings. The third kappa shape index (κ3) is 5.09. The van der Waals surface area contributed by atoms with Crippen LogP contribution in [0.4, 0.5) is 20.3 Å². The predicted molar refractivity (Wildman–Crippen MR) is 104 cm³/mol. The lowest BCUT2D eigenvalue weighted by atomic mass is 10.1. The molecule has 1 aromatic heterocycles. The van der Waals surface area contributed by atoms with Crippen LogP contribution in [0.5, 0.6) is 0 Å². The van der Waals surface area contributed by atoms with Crippen molar-refractivity contribution in [3.63, 3.8) is 0 Å². The number of amides is 1. The Morgan fingerprint density at radius 3 is 2.43 bits per heavy atom. The number of halogens is 2. The van der Waals surface area contributed by atoms with Crippen LogP contribution in [0.3, 0.4) is 0 Å². The van der Waals surface area contributed by atoms with Crippen LogP contribution in [-0.4, -0.2) is 22.4 Å². The van der Waals surface area contributed by atoms with E-state index in [1.807, 2.05) is 18.2 Å². The molecule has 3 rings (SSSR count). The smallest absolute Gasteiger partial charge is 0.274 e. The van der Waals surface area contributed by atoms with Crippen molar-refractivity contribution in [1.29, 1.82) is 0 Å². The van der Waals surface area contributed by atoms with Gasteiger partial charge in [-0.15, -0.1) is 0 Å². The molecule has 0 spiro atoms. The number of nitrogens with one attached hydrogen (secondary N) is 2. The van der Waals surface area contributed by atoms with E-state index in [0.717, 1.165) is 25.0 Å². The highest BCUT2D eigenvalue weighted by atomic mass is 19.1. The number of carbonyl (C=O) groups excluding carboxylic acids is 1. The van der Waals surface area contributed by atoms with Crippen molar-refractivity contribution in [3.8, 4) is 0 Å². The minimum absolute atomic E-state index is 0.0284. The zero-order chi connectivity index (χ0) is 19.9. The molecule has 0 aliphatic carbocycles. The van der Waals surface area contributed by atoms with Gasteiger partial charge >= 0.3 is 0 Å². The van der Waals surface area contributed by atoms with Crippen molar-refractivity contribution in [3.05, 3.63) is 83.3 Å². The summed E-state index contributed by atoms with van der Waals surface area (Å²) in [6.07, 6.45) is 1.80. The lowest BCUT2D eigenvalue weighted by molar-refractivity contribution is 0.102. The molecule has 0 atom stereocenters. The fourth-order valence-electron chi connectivity index (χ4n) is 2.72. The summed E-state index contributed by atoms with van der Waals surface area (Å²) in [6, 6.07) is 15.0. The Labute approximate surface area is 161 Å². The van der Waals surface area contributed by atoms with Gasteiger partial charge in [-0.3, -0.25) is 4.79 Å². The largest absolute Gasteiger partial charge is 0.370 e. The van der Waals surface area contributed by atoms with Crippen LogP contribution in [0.15, 0.2) is 54.6 Å². The first-order chi connectivity index (χ1) is 13.5. The molecule has 7 heteroatoms. The van der Waals surface area contributed by atoms with Crippen LogP contribution >= 0.6 is 0 Å². The first kappa shape index (κ1) is 19.4. The zero-order valence-corrected chi connectivity index (χ0v) is 15.4. The van der Waals surface area contributed by atoms with E-state index in [2.05, 4.69) is 32.7 Å². The number of nitrogens with zero attached hydrogens (tertiary/aromatic N) is 2. The van der Waals surface area contributed by atoms with E-state index in [4.69, 9.17) is 0 Å². The van der Waals surface area contributed by atoms with Crippen LogP contribution in [0.25, 0.3) is 0 Å². The number of carbonyl (C=O) groups is 1. The number of para-hydroxylation sites is 1. The molecule has 0 aliphatic heterocycles. The maximum absolute atomic E-state index is 13.7. The summed E-state index contributed by atoms with van der Waals surface area (Å²) in [7, 11) is 0. The minimum atomic E-state index is -0.849. The Bertz CT molecular complexity index is 944. The highest BCUT2D eigenvalue weighted by Gasteiger charge is 2.15.